The van der Waals surface area contributed by atoms with Gasteiger partial charge in [-0.15, -0.1) is 0 Å². The first kappa shape index (κ1) is 19.5. The second-order valence-electron chi connectivity index (χ2n) is 5.21. The maximum Gasteiger partial charge on any atom is 0.416 e. The Morgan fingerprint density at radius 2 is 2.00 bits per heavy atom. The zero-order chi connectivity index (χ0) is 19.5. The SMILES string of the molecule is Cc1cccc(OCC(=O)Nc2cc(C(F)(F)F)ccc2Cl)c1[N+](=O)[O-]. The van der Waals surface area contributed by atoms with Crippen LogP contribution in [0.25, 0.3) is 0 Å². The molecule has 0 bridgehead atoms. The molecule has 2 aromatic rings. The number of amides is 1. The fraction of sp³-hybridized carbons (Fsp3) is 0.188. The van der Waals surface area contributed by atoms with Gasteiger partial charge in [0.1, 0.15) is 0 Å². The smallest absolute Gasteiger partial charge is 0.416 e. The summed E-state index contributed by atoms with van der Waals surface area (Å²) in [4.78, 5) is 22.3. The molecule has 2 aromatic carbocycles. The maximum atomic E-state index is 12.7. The Morgan fingerprint density at radius 3 is 2.62 bits per heavy atom. The molecule has 0 saturated carbocycles. The van der Waals surface area contributed by atoms with Gasteiger partial charge in [0.15, 0.2) is 12.4 Å². The van der Waals surface area contributed by atoms with Gasteiger partial charge in [-0.05, 0) is 31.2 Å². The molecular weight excluding hydrogens is 377 g/mol. The fourth-order valence-corrected chi connectivity index (χ4v) is 2.27. The number of rotatable bonds is 5. The minimum atomic E-state index is -4.59. The number of carbonyl (C=O) groups excluding carboxylic acids is 1. The van der Waals surface area contributed by atoms with Crippen molar-refractivity contribution in [3.8, 4) is 5.75 Å². The van der Waals surface area contributed by atoms with Crippen LogP contribution < -0.4 is 10.1 Å². The highest BCUT2D eigenvalue weighted by atomic mass is 35.5. The molecule has 10 heteroatoms. The number of aryl methyl sites for hydroxylation is 1. The van der Waals surface area contributed by atoms with Crippen LogP contribution in [0, 0.1) is 17.0 Å². The number of nitro benzene ring substituents is 1. The summed E-state index contributed by atoms with van der Waals surface area (Å²) in [6.07, 6.45) is -4.59. The molecule has 0 spiro atoms. The van der Waals surface area contributed by atoms with E-state index in [1.54, 1.807) is 0 Å². The number of anilines is 1. The third-order valence-electron chi connectivity index (χ3n) is 3.31. The molecule has 0 aliphatic carbocycles. The molecule has 0 saturated heterocycles. The van der Waals surface area contributed by atoms with E-state index < -0.39 is 29.2 Å². The summed E-state index contributed by atoms with van der Waals surface area (Å²) in [5, 5.41) is 13.2. The van der Waals surface area contributed by atoms with Gasteiger partial charge in [-0.25, -0.2) is 0 Å². The molecular formula is C16H12ClF3N2O4. The molecule has 0 aliphatic heterocycles. The number of nitrogens with zero attached hydrogens (tertiary/aromatic N) is 1. The number of nitro groups is 1. The highest BCUT2D eigenvalue weighted by Crippen LogP contribution is 2.34. The molecule has 26 heavy (non-hydrogen) atoms. The molecule has 138 valence electrons. The molecule has 0 atom stereocenters. The standard InChI is InChI=1S/C16H12ClF3N2O4/c1-9-3-2-4-13(15(9)22(24)25)26-8-14(23)21-12-7-10(16(18,19)20)5-6-11(12)17/h2-7H,8H2,1H3,(H,21,23). The van der Waals surface area contributed by atoms with Crippen molar-refractivity contribution in [1.29, 1.82) is 0 Å². The number of hydrogen-bond acceptors (Lipinski definition) is 4. The first-order valence-corrected chi connectivity index (χ1v) is 7.51. The van der Waals surface area contributed by atoms with Crippen LogP contribution in [0.3, 0.4) is 0 Å². The summed E-state index contributed by atoms with van der Waals surface area (Å²) in [6, 6.07) is 6.81. The Kier molecular flexibility index (Phi) is 5.71. The minimum absolute atomic E-state index is 0.0899. The molecule has 0 aromatic heterocycles. The van der Waals surface area contributed by atoms with Crippen LogP contribution in [0.15, 0.2) is 36.4 Å². The van der Waals surface area contributed by atoms with Crippen molar-refractivity contribution in [2.75, 3.05) is 11.9 Å². The maximum absolute atomic E-state index is 12.7. The van der Waals surface area contributed by atoms with Gasteiger partial charge < -0.3 is 10.1 Å². The summed E-state index contributed by atoms with van der Waals surface area (Å²) in [5.74, 6) is -0.942. The van der Waals surface area contributed by atoms with Gasteiger partial charge in [-0.3, -0.25) is 14.9 Å². The lowest BCUT2D eigenvalue weighted by Crippen LogP contribution is -2.21. The van der Waals surface area contributed by atoms with Crippen LogP contribution in [0.4, 0.5) is 24.5 Å². The van der Waals surface area contributed by atoms with Crippen molar-refractivity contribution in [1.82, 2.24) is 0 Å². The third kappa shape index (κ3) is 4.63. The van der Waals surface area contributed by atoms with Crippen LogP contribution in [-0.4, -0.2) is 17.4 Å². The summed E-state index contributed by atoms with van der Waals surface area (Å²) < 4.78 is 43.3. The molecule has 0 radical (unpaired) electrons. The van der Waals surface area contributed by atoms with Crippen LogP contribution in [0.2, 0.25) is 5.02 Å². The average Bonchev–Trinajstić information content (AvgIpc) is 2.53. The molecule has 0 heterocycles. The Balaban J connectivity index is 2.11. The summed E-state index contributed by atoms with van der Waals surface area (Å²) in [6.45, 7) is 0.865. The molecule has 1 N–H and O–H groups in total. The third-order valence-corrected chi connectivity index (χ3v) is 3.64. The number of carbonyl (C=O) groups is 1. The largest absolute Gasteiger partial charge is 0.477 e. The number of benzene rings is 2. The lowest BCUT2D eigenvalue weighted by atomic mass is 10.2. The van der Waals surface area contributed by atoms with E-state index in [9.17, 15) is 28.1 Å². The van der Waals surface area contributed by atoms with E-state index in [-0.39, 0.29) is 22.1 Å². The molecule has 0 unspecified atom stereocenters. The number of para-hydroxylation sites is 1. The number of alkyl halides is 3. The lowest BCUT2D eigenvalue weighted by Gasteiger charge is -2.12. The zero-order valence-electron chi connectivity index (χ0n) is 13.3. The molecule has 0 fully saturated rings. The Morgan fingerprint density at radius 1 is 1.31 bits per heavy atom. The quantitative estimate of drug-likeness (QED) is 0.600. The van der Waals surface area contributed by atoms with Crippen LogP contribution in [0.1, 0.15) is 11.1 Å². The zero-order valence-corrected chi connectivity index (χ0v) is 14.0. The van der Waals surface area contributed by atoms with E-state index in [0.717, 1.165) is 12.1 Å². The minimum Gasteiger partial charge on any atom is -0.477 e. The number of hydrogen-bond donors (Lipinski definition) is 1. The van der Waals surface area contributed by atoms with E-state index >= 15 is 0 Å². The van der Waals surface area contributed by atoms with E-state index in [1.807, 2.05) is 0 Å². The van der Waals surface area contributed by atoms with Crippen molar-refractivity contribution >= 4 is 28.9 Å². The van der Waals surface area contributed by atoms with Gasteiger partial charge in [-0.2, -0.15) is 13.2 Å². The predicted octanol–water partition coefficient (Wildman–Crippen LogP) is 4.59. The molecule has 2 rings (SSSR count). The monoisotopic (exact) mass is 388 g/mol. The van der Waals surface area contributed by atoms with E-state index in [1.165, 1.54) is 25.1 Å². The Labute approximate surface area is 150 Å². The van der Waals surface area contributed by atoms with E-state index in [0.29, 0.717) is 11.6 Å². The van der Waals surface area contributed by atoms with Crippen molar-refractivity contribution in [3.63, 3.8) is 0 Å². The Hall–Kier alpha value is -2.81. The van der Waals surface area contributed by atoms with Crippen molar-refractivity contribution in [2.24, 2.45) is 0 Å². The van der Waals surface area contributed by atoms with Gasteiger partial charge in [0, 0.05) is 5.56 Å². The van der Waals surface area contributed by atoms with Crippen molar-refractivity contribution in [3.05, 3.63) is 62.7 Å². The topological polar surface area (TPSA) is 81.5 Å². The van der Waals surface area contributed by atoms with E-state index in [2.05, 4.69) is 5.32 Å². The van der Waals surface area contributed by atoms with Gasteiger partial charge in [-0.1, -0.05) is 23.7 Å². The normalized spacial score (nSPS) is 11.1. The highest BCUT2D eigenvalue weighted by molar-refractivity contribution is 6.33. The first-order valence-electron chi connectivity index (χ1n) is 7.13. The van der Waals surface area contributed by atoms with Crippen LogP contribution in [-0.2, 0) is 11.0 Å². The van der Waals surface area contributed by atoms with Crippen LogP contribution in [0.5, 0.6) is 5.75 Å². The average molecular weight is 389 g/mol. The van der Waals surface area contributed by atoms with Gasteiger partial charge in [0.2, 0.25) is 0 Å². The Bertz CT molecular complexity index is 856. The summed E-state index contributed by atoms with van der Waals surface area (Å²) >= 11 is 5.78. The number of ether oxygens (including phenoxy) is 1. The van der Waals surface area contributed by atoms with Gasteiger partial charge in [0.05, 0.1) is 21.2 Å². The number of halogens is 4. The summed E-state index contributed by atoms with van der Waals surface area (Å²) in [7, 11) is 0. The summed E-state index contributed by atoms with van der Waals surface area (Å²) in [5.41, 5.74) is -1.17. The lowest BCUT2D eigenvalue weighted by molar-refractivity contribution is -0.386. The van der Waals surface area contributed by atoms with E-state index in [4.69, 9.17) is 16.3 Å². The van der Waals surface area contributed by atoms with Crippen molar-refractivity contribution in [2.45, 2.75) is 13.1 Å². The molecule has 0 aliphatic rings. The predicted molar refractivity (Wildman–Crippen MR) is 88.4 cm³/mol. The van der Waals surface area contributed by atoms with Gasteiger partial charge in [0.25, 0.3) is 5.91 Å². The van der Waals surface area contributed by atoms with Crippen molar-refractivity contribution < 1.29 is 27.6 Å². The second kappa shape index (κ2) is 7.61. The highest BCUT2D eigenvalue weighted by Gasteiger charge is 2.31. The first-order chi connectivity index (χ1) is 12.1. The molecule has 1 amide bonds. The second-order valence-corrected chi connectivity index (χ2v) is 5.62. The molecule has 6 nitrogen and oxygen atoms in total. The fourth-order valence-electron chi connectivity index (χ4n) is 2.11. The van der Waals surface area contributed by atoms with Gasteiger partial charge >= 0.3 is 11.9 Å². The van der Waals surface area contributed by atoms with Crippen LogP contribution >= 0.6 is 11.6 Å². The number of nitrogens with one attached hydrogen (secondary N) is 1.